The van der Waals surface area contributed by atoms with Gasteiger partial charge in [0, 0.05) is 23.9 Å². The van der Waals surface area contributed by atoms with Crippen molar-refractivity contribution < 1.29 is 9.66 Å². The molecule has 0 saturated heterocycles. The van der Waals surface area contributed by atoms with Crippen LogP contribution in [0.15, 0.2) is 48.5 Å². The summed E-state index contributed by atoms with van der Waals surface area (Å²) >= 11 is 0. The fourth-order valence-electron chi connectivity index (χ4n) is 1.94. The topological polar surface area (TPSA) is 64.4 Å². The Morgan fingerprint density at radius 3 is 2.50 bits per heavy atom. The number of benzene rings is 2. The van der Waals surface area contributed by atoms with Crippen LogP contribution in [0.1, 0.15) is 18.5 Å². The van der Waals surface area contributed by atoms with Crippen LogP contribution in [0.2, 0.25) is 0 Å². The molecule has 0 aliphatic heterocycles. The largest absolute Gasteiger partial charge is 0.497 e. The van der Waals surface area contributed by atoms with Crippen molar-refractivity contribution in [1.82, 2.24) is 0 Å². The van der Waals surface area contributed by atoms with Crippen molar-refractivity contribution >= 4 is 11.4 Å². The molecule has 0 fully saturated rings. The molecule has 104 valence electrons. The van der Waals surface area contributed by atoms with Gasteiger partial charge in [-0.05, 0) is 30.7 Å². The molecule has 0 bridgehead atoms. The molecule has 1 N–H and O–H groups in total. The number of nitro groups is 1. The van der Waals surface area contributed by atoms with Crippen LogP contribution in [-0.4, -0.2) is 12.0 Å². The zero-order valence-electron chi connectivity index (χ0n) is 11.4. The van der Waals surface area contributed by atoms with E-state index in [9.17, 15) is 10.1 Å². The van der Waals surface area contributed by atoms with Gasteiger partial charge in [-0.1, -0.05) is 18.2 Å². The monoisotopic (exact) mass is 272 g/mol. The highest BCUT2D eigenvalue weighted by Crippen LogP contribution is 2.23. The minimum Gasteiger partial charge on any atom is -0.497 e. The first kappa shape index (κ1) is 13.9. The quantitative estimate of drug-likeness (QED) is 0.664. The summed E-state index contributed by atoms with van der Waals surface area (Å²) in [5.41, 5.74) is 1.89. The van der Waals surface area contributed by atoms with Crippen molar-refractivity contribution in [3.8, 4) is 5.75 Å². The van der Waals surface area contributed by atoms with Crippen molar-refractivity contribution in [3.63, 3.8) is 0 Å². The Balaban J connectivity index is 2.12. The first-order valence-electron chi connectivity index (χ1n) is 6.25. The summed E-state index contributed by atoms with van der Waals surface area (Å²) in [6.07, 6.45) is 0. The molecule has 0 amide bonds. The molecule has 2 rings (SSSR count). The van der Waals surface area contributed by atoms with Crippen LogP contribution in [0.25, 0.3) is 0 Å². The minimum atomic E-state index is -0.400. The normalized spacial score (nSPS) is 11.7. The fraction of sp³-hybridized carbons (Fsp3) is 0.200. The molecule has 0 saturated carbocycles. The molecule has 0 aliphatic rings. The van der Waals surface area contributed by atoms with E-state index in [0.717, 1.165) is 17.0 Å². The molecule has 0 radical (unpaired) electrons. The zero-order valence-corrected chi connectivity index (χ0v) is 11.4. The van der Waals surface area contributed by atoms with E-state index in [1.807, 2.05) is 37.3 Å². The van der Waals surface area contributed by atoms with Crippen LogP contribution < -0.4 is 10.1 Å². The van der Waals surface area contributed by atoms with Crippen molar-refractivity contribution in [2.45, 2.75) is 13.0 Å². The van der Waals surface area contributed by atoms with Gasteiger partial charge >= 0.3 is 0 Å². The summed E-state index contributed by atoms with van der Waals surface area (Å²) < 4.78 is 5.11. The molecule has 5 nitrogen and oxygen atoms in total. The second-order valence-corrected chi connectivity index (χ2v) is 4.45. The third-order valence-corrected chi connectivity index (χ3v) is 3.06. The van der Waals surface area contributed by atoms with Gasteiger partial charge in [0.2, 0.25) is 0 Å². The van der Waals surface area contributed by atoms with Gasteiger partial charge in [0.05, 0.1) is 12.0 Å². The van der Waals surface area contributed by atoms with Crippen molar-refractivity contribution in [2.75, 3.05) is 12.4 Å². The molecule has 0 spiro atoms. The highest BCUT2D eigenvalue weighted by Gasteiger charge is 2.09. The van der Waals surface area contributed by atoms with E-state index >= 15 is 0 Å². The number of non-ortho nitro benzene ring substituents is 1. The second-order valence-electron chi connectivity index (χ2n) is 4.45. The van der Waals surface area contributed by atoms with E-state index < -0.39 is 4.92 Å². The van der Waals surface area contributed by atoms with Crippen molar-refractivity contribution in [2.24, 2.45) is 0 Å². The summed E-state index contributed by atoms with van der Waals surface area (Å²) in [6, 6.07) is 14.2. The van der Waals surface area contributed by atoms with E-state index in [-0.39, 0.29) is 11.7 Å². The number of methoxy groups -OCH3 is 1. The Bertz CT molecular complexity index is 596. The molecule has 0 heterocycles. The van der Waals surface area contributed by atoms with E-state index in [0.29, 0.717) is 0 Å². The van der Waals surface area contributed by atoms with Crippen LogP contribution >= 0.6 is 0 Å². The van der Waals surface area contributed by atoms with Gasteiger partial charge in [0.25, 0.3) is 5.69 Å². The van der Waals surface area contributed by atoms with Gasteiger partial charge in [-0.15, -0.1) is 0 Å². The molecule has 0 aromatic heterocycles. The third kappa shape index (κ3) is 3.26. The van der Waals surface area contributed by atoms with E-state index in [4.69, 9.17) is 4.74 Å². The molecule has 2 aromatic rings. The lowest BCUT2D eigenvalue weighted by Gasteiger charge is -2.16. The van der Waals surface area contributed by atoms with Crippen molar-refractivity contribution in [3.05, 3.63) is 64.2 Å². The standard InChI is InChI=1S/C15H16N2O3/c1-11(12-6-8-15(20-2)9-7-12)16-13-4-3-5-14(10-13)17(18)19/h3-11,16H,1-2H3. The number of rotatable bonds is 5. The lowest BCUT2D eigenvalue weighted by atomic mass is 10.1. The molecule has 20 heavy (non-hydrogen) atoms. The molecule has 2 aromatic carbocycles. The predicted molar refractivity (Wildman–Crippen MR) is 78.1 cm³/mol. The first-order chi connectivity index (χ1) is 9.60. The Morgan fingerprint density at radius 1 is 1.20 bits per heavy atom. The average molecular weight is 272 g/mol. The van der Waals surface area contributed by atoms with Gasteiger partial charge < -0.3 is 10.1 Å². The maximum Gasteiger partial charge on any atom is 0.271 e. The lowest BCUT2D eigenvalue weighted by Crippen LogP contribution is -2.06. The summed E-state index contributed by atoms with van der Waals surface area (Å²) in [6.45, 7) is 2.00. The zero-order chi connectivity index (χ0) is 14.5. The number of ether oxygens (including phenoxy) is 1. The van der Waals surface area contributed by atoms with Crippen LogP contribution in [-0.2, 0) is 0 Å². The van der Waals surface area contributed by atoms with Gasteiger partial charge in [-0.2, -0.15) is 0 Å². The third-order valence-electron chi connectivity index (χ3n) is 3.06. The number of nitrogens with one attached hydrogen (secondary N) is 1. The summed E-state index contributed by atoms with van der Waals surface area (Å²) in [4.78, 5) is 10.3. The van der Waals surface area contributed by atoms with Gasteiger partial charge in [-0.25, -0.2) is 0 Å². The van der Waals surface area contributed by atoms with E-state index in [2.05, 4.69) is 5.32 Å². The second kappa shape index (κ2) is 6.06. The van der Waals surface area contributed by atoms with Crippen LogP contribution in [0.5, 0.6) is 5.75 Å². The predicted octanol–water partition coefficient (Wildman–Crippen LogP) is 3.78. The maximum atomic E-state index is 10.7. The highest BCUT2D eigenvalue weighted by atomic mass is 16.6. The van der Waals surface area contributed by atoms with Crippen LogP contribution in [0, 0.1) is 10.1 Å². The van der Waals surface area contributed by atoms with Gasteiger partial charge in [0.1, 0.15) is 5.75 Å². The molecule has 1 atom stereocenters. The minimum absolute atomic E-state index is 0.0444. The van der Waals surface area contributed by atoms with Gasteiger partial charge in [-0.3, -0.25) is 10.1 Å². The molecular formula is C15H16N2O3. The fourth-order valence-corrected chi connectivity index (χ4v) is 1.94. The molecule has 1 unspecified atom stereocenters. The average Bonchev–Trinajstić information content (AvgIpc) is 2.47. The summed E-state index contributed by atoms with van der Waals surface area (Å²) in [7, 11) is 1.62. The van der Waals surface area contributed by atoms with Crippen LogP contribution in [0.3, 0.4) is 0 Å². The molecular weight excluding hydrogens is 256 g/mol. The van der Waals surface area contributed by atoms with Crippen LogP contribution in [0.4, 0.5) is 11.4 Å². The number of hydrogen-bond acceptors (Lipinski definition) is 4. The lowest BCUT2D eigenvalue weighted by molar-refractivity contribution is -0.384. The number of nitrogens with zero attached hydrogens (tertiary/aromatic N) is 1. The number of anilines is 1. The summed E-state index contributed by atoms with van der Waals surface area (Å²) in [5.74, 6) is 0.802. The Labute approximate surface area is 117 Å². The van der Waals surface area contributed by atoms with Gasteiger partial charge in [0.15, 0.2) is 0 Å². The number of nitro benzene ring substituents is 1. The number of hydrogen-bond donors (Lipinski definition) is 1. The highest BCUT2D eigenvalue weighted by molar-refractivity contribution is 5.52. The maximum absolute atomic E-state index is 10.7. The Morgan fingerprint density at radius 2 is 1.90 bits per heavy atom. The SMILES string of the molecule is COc1ccc(C(C)Nc2cccc([N+](=O)[O-])c2)cc1. The molecule has 5 heteroatoms. The molecule has 0 aliphatic carbocycles. The summed E-state index contributed by atoms with van der Waals surface area (Å²) in [5, 5.41) is 14.0. The van der Waals surface area contributed by atoms with Crippen molar-refractivity contribution in [1.29, 1.82) is 0 Å². The Kier molecular flexibility index (Phi) is 4.20. The smallest absolute Gasteiger partial charge is 0.271 e. The first-order valence-corrected chi connectivity index (χ1v) is 6.25. The van der Waals surface area contributed by atoms with E-state index in [1.54, 1.807) is 13.2 Å². The Hall–Kier alpha value is -2.56. The van der Waals surface area contributed by atoms with E-state index in [1.165, 1.54) is 12.1 Å².